The van der Waals surface area contributed by atoms with Crippen molar-refractivity contribution in [3.63, 3.8) is 0 Å². The molecule has 0 unspecified atom stereocenters. The van der Waals surface area contributed by atoms with E-state index in [1.807, 2.05) is 26.1 Å². The van der Waals surface area contributed by atoms with Crippen LogP contribution in [0.3, 0.4) is 0 Å². The van der Waals surface area contributed by atoms with Gasteiger partial charge in [0, 0.05) is 6.20 Å². The first-order valence-corrected chi connectivity index (χ1v) is 3.89. The largest absolute Gasteiger partial charge is 0.309 e. The maximum atomic E-state index is 4.11. The van der Waals surface area contributed by atoms with E-state index < -0.39 is 0 Å². The number of pyridine rings is 1. The molecule has 0 bridgehead atoms. The normalized spacial score (nSPS) is 8.83. The maximum absolute atomic E-state index is 4.11. The zero-order valence-corrected chi connectivity index (χ0v) is 7.39. The second-order valence-electron chi connectivity index (χ2n) is 2.55. The van der Waals surface area contributed by atoms with Crippen LogP contribution in [0.5, 0.6) is 0 Å². The molecule has 0 aliphatic rings. The third-order valence-corrected chi connectivity index (χ3v) is 1.40. The van der Waals surface area contributed by atoms with Crippen LogP contribution in [0.4, 0.5) is 0 Å². The minimum Gasteiger partial charge on any atom is -0.309 e. The molecule has 0 aromatic carbocycles. The van der Waals surface area contributed by atoms with Crippen LogP contribution in [0.1, 0.15) is 11.3 Å². The van der Waals surface area contributed by atoms with Gasteiger partial charge in [0.1, 0.15) is 5.69 Å². The van der Waals surface area contributed by atoms with Gasteiger partial charge in [-0.1, -0.05) is 5.92 Å². The Morgan fingerprint density at radius 3 is 3.08 bits per heavy atom. The topological polar surface area (TPSA) is 24.9 Å². The van der Waals surface area contributed by atoms with Crippen LogP contribution in [-0.4, -0.2) is 18.6 Å². The van der Waals surface area contributed by atoms with Crippen molar-refractivity contribution in [2.45, 2.75) is 6.92 Å². The lowest BCUT2D eigenvalue weighted by atomic mass is 10.2. The summed E-state index contributed by atoms with van der Waals surface area (Å²) in [7, 11) is 1.87. The van der Waals surface area contributed by atoms with Gasteiger partial charge in [-0.05, 0) is 37.6 Å². The van der Waals surface area contributed by atoms with E-state index in [-0.39, 0.29) is 0 Å². The summed E-state index contributed by atoms with van der Waals surface area (Å²) in [4.78, 5) is 4.11. The average molecular weight is 160 g/mol. The minimum atomic E-state index is 0.704. The summed E-state index contributed by atoms with van der Waals surface area (Å²) < 4.78 is 0. The molecule has 0 aliphatic heterocycles. The molecule has 2 heteroatoms. The third kappa shape index (κ3) is 2.73. The molecule has 0 saturated carbocycles. The lowest BCUT2D eigenvalue weighted by molar-refractivity contribution is 0.938. The van der Waals surface area contributed by atoms with E-state index in [1.165, 1.54) is 5.56 Å². The van der Waals surface area contributed by atoms with Crippen LogP contribution < -0.4 is 5.32 Å². The first-order valence-electron chi connectivity index (χ1n) is 3.89. The molecule has 12 heavy (non-hydrogen) atoms. The highest BCUT2D eigenvalue weighted by Crippen LogP contribution is 1.96. The molecule has 1 aromatic rings. The zero-order chi connectivity index (χ0) is 8.81. The van der Waals surface area contributed by atoms with Gasteiger partial charge in [-0.25, -0.2) is 4.98 Å². The zero-order valence-electron chi connectivity index (χ0n) is 7.39. The summed E-state index contributed by atoms with van der Waals surface area (Å²) >= 11 is 0. The Balaban J connectivity index is 2.71. The Kier molecular flexibility index (Phi) is 3.31. The second-order valence-corrected chi connectivity index (χ2v) is 2.55. The Labute approximate surface area is 73.0 Å². The van der Waals surface area contributed by atoms with Gasteiger partial charge in [0.25, 0.3) is 0 Å². The van der Waals surface area contributed by atoms with Crippen LogP contribution in [0, 0.1) is 18.8 Å². The number of aromatic nitrogens is 1. The molecule has 1 heterocycles. The summed E-state index contributed by atoms with van der Waals surface area (Å²) in [6.07, 6.45) is 1.78. The second kappa shape index (κ2) is 4.53. The third-order valence-electron chi connectivity index (χ3n) is 1.40. The summed E-state index contributed by atoms with van der Waals surface area (Å²) in [6.45, 7) is 2.74. The van der Waals surface area contributed by atoms with Crippen LogP contribution >= 0.6 is 0 Å². The molecular formula is C10H12N2. The van der Waals surface area contributed by atoms with Crippen molar-refractivity contribution in [1.82, 2.24) is 10.3 Å². The molecule has 0 saturated heterocycles. The SMILES string of the molecule is CNCC#Cc1cc(C)ccn1. The van der Waals surface area contributed by atoms with Crippen molar-refractivity contribution in [3.05, 3.63) is 29.6 Å². The standard InChI is InChI=1S/C10H12N2/c1-9-5-7-12-10(8-9)4-3-6-11-2/h5,7-8,11H,6H2,1-2H3. The fourth-order valence-corrected chi connectivity index (χ4v) is 0.828. The van der Waals surface area contributed by atoms with Crippen molar-refractivity contribution in [2.24, 2.45) is 0 Å². The number of rotatable bonds is 1. The van der Waals surface area contributed by atoms with Crippen molar-refractivity contribution in [1.29, 1.82) is 0 Å². The van der Waals surface area contributed by atoms with E-state index in [1.54, 1.807) is 6.20 Å². The van der Waals surface area contributed by atoms with Crippen LogP contribution in [-0.2, 0) is 0 Å². The molecule has 0 fully saturated rings. The highest BCUT2D eigenvalue weighted by atomic mass is 14.8. The Hall–Kier alpha value is -1.33. The van der Waals surface area contributed by atoms with E-state index in [0.717, 1.165) is 5.69 Å². The fourth-order valence-electron chi connectivity index (χ4n) is 0.828. The Morgan fingerprint density at radius 1 is 1.58 bits per heavy atom. The van der Waals surface area contributed by atoms with Gasteiger partial charge in [-0.15, -0.1) is 0 Å². The Bertz CT molecular complexity index is 307. The van der Waals surface area contributed by atoms with Gasteiger partial charge in [0.05, 0.1) is 6.54 Å². The number of aryl methyl sites for hydroxylation is 1. The Morgan fingerprint density at radius 2 is 2.42 bits per heavy atom. The predicted molar refractivity (Wildman–Crippen MR) is 49.8 cm³/mol. The molecule has 1 N–H and O–H groups in total. The number of hydrogen-bond acceptors (Lipinski definition) is 2. The number of hydrogen-bond donors (Lipinski definition) is 1. The van der Waals surface area contributed by atoms with E-state index in [4.69, 9.17) is 0 Å². The summed E-state index contributed by atoms with van der Waals surface area (Å²) in [5.74, 6) is 5.92. The van der Waals surface area contributed by atoms with Gasteiger partial charge in [0.15, 0.2) is 0 Å². The smallest absolute Gasteiger partial charge is 0.113 e. The van der Waals surface area contributed by atoms with E-state index in [0.29, 0.717) is 6.54 Å². The summed E-state index contributed by atoms with van der Waals surface area (Å²) in [5, 5.41) is 2.95. The first kappa shape index (κ1) is 8.76. The summed E-state index contributed by atoms with van der Waals surface area (Å²) in [6, 6.07) is 3.94. The predicted octanol–water partition coefficient (Wildman–Crippen LogP) is 0.961. The van der Waals surface area contributed by atoms with E-state index in [9.17, 15) is 0 Å². The molecule has 0 radical (unpaired) electrons. The van der Waals surface area contributed by atoms with Crippen molar-refractivity contribution in [2.75, 3.05) is 13.6 Å². The molecule has 0 atom stereocenters. The average Bonchev–Trinajstić information content (AvgIpc) is 2.05. The highest BCUT2D eigenvalue weighted by molar-refractivity contribution is 5.30. The first-order chi connectivity index (χ1) is 5.83. The van der Waals surface area contributed by atoms with Crippen molar-refractivity contribution < 1.29 is 0 Å². The molecule has 0 aliphatic carbocycles. The van der Waals surface area contributed by atoms with Crippen LogP contribution in [0.2, 0.25) is 0 Å². The fraction of sp³-hybridized carbons (Fsp3) is 0.300. The van der Waals surface area contributed by atoms with Crippen molar-refractivity contribution >= 4 is 0 Å². The van der Waals surface area contributed by atoms with E-state index >= 15 is 0 Å². The molecule has 0 amide bonds. The quantitative estimate of drug-likeness (QED) is 0.619. The number of nitrogens with zero attached hydrogens (tertiary/aromatic N) is 1. The summed E-state index contributed by atoms with van der Waals surface area (Å²) in [5.41, 5.74) is 2.03. The molecule has 2 nitrogen and oxygen atoms in total. The van der Waals surface area contributed by atoms with Gasteiger partial charge in [-0.3, -0.25) is 0 Å². The van der Waals surface area contributed by atoms with Gasteiger partial charge < -0.3 is 5.32 Å². The molecule has 1 rings (SSSR count). The highest BCUT2D eigenvalue weighted by Gasteiger charge is 1.86. The maximum Gasteiger partial charge on any atom is 0.113 e. The molecule has 1 aromatic heterocycles. The minimum absolute atomic E-state index is 0.704. The molecule has 0 spiro atoms. The van der Waals surface area contributed by atoms with Gasteiger partial charge in [-0.2, -0.15) is 0 Å². The van der Waals surface area contributed by atoms with E-state index in [2.05, 4.69) is 22.1 Å². The lowest BCUT2D eigenvalue weighted by Gasteiger charge is -1.91. The molecular weight excluding hydrogens is 148 g/mol. The van der Waals surface area contributed by atoms with Crippen LogP contribution in [0.25, 0.3) is 0 Å². The molecule has 62 valence electrons. The lowest BCUT2D eigenvalue weighted by Crippen LogP contribution is -2.04. The number of nitrogens with one attached hydrogen (secondary N) is 1. The van der Waals surface area contributed by atoms with Crippen LogP contribution in [0.15, 0.2) is 18.3 Å². The van der Waals surface area contributed by atoms with Gasteiger partial charge in [0.2, 0.25) is 0 Å². The van der Waals surface area contributed by atoms with Crippen molar-refractivity contribution in [3.8, 4) is 11.8 Å². The van der Waals surface area contributed by atoms with Gasteiger partial charge >= 0.3 is 0 Å². The monoisotopic (exact) mass is 160 g/mol.